The maximum atomic E-state index is 12.9. The number of anilines is 1. The van der Waals surface area contributed by atoms with Crippen molar-refractivity contribution in [3.05, 3.63) is 29.8 Å². The van der Waals surface area contributed by atoms with Crippen molar-refractivity contribution in [1.82, 2.24) is 24.6 Å². The third-order valence-corrected chi connectivity index (χ3v) is 5.97. The average molecular weight is 383 g/mol. The highest BCUT2D eigenvalue weighted by atomic mass is 16.2. The summed E-state index contributed by atoms with van der Waals surface area (Å²) in [6.45, 7) is 9.79. The number of nitrogens with zero attached hydrogens (tertiary/aromatic N) is 6. The van der Waals surface area contributed by atoms with Gasteiger partial charge in [0.05, 0.1) is 18.1 Å². The Morgan fingerprint density at radius 1 is 1.07 bits per heavy atom. The summed E-state index contributed by atoms with van der Waals surface area (Å²) in [6, 6.07) is 2.03. The van der Waals surface area contributed by atoms with Crippen LogP contribution in [0.25, 0.3) is 5.82 Å². The molecule has 1 amide bonds. The van der Waals surface area contributed by atoms with Gasteiger partial charge in [-0.2, -0.15) is 5.10 Å². The molecule has 0 spiro atoms. The van der Waals surface area contributed by atoms with Crippen molar-refractivity contribution in [2.45, 2.75) is 46.5 Å². The molecule has 2 saturated heterocycles. The number of hydrogen-bond donors (Lipinski definition) is 0. The fourth-order valence-corrected chi connectivity index (χ4v) is 4.46. The highest BCUT2D eigenvalue weighted by molar-refractivity contribution is 5.79. The van der Waals surface area contributed by atoms with Crippen molar-refractivity contribution in [2.75, 3.05) is 31.1 Å². The van der Waals surface area contributed by atoms with Gasteiger partial charge in [-0.1, -0.05) is 6.92 Å². The summed E-state index contributed by atoms with van der Waals surface area (Å²) in [5.41, 5.74) is 2.01. The smallest absolute Gasteiger partial charge is 0.225 e. The monoisotopic (exact) mass is 382 g/mol. The van der Waals surface area contributed by atoms with Gasteiger partial charge in [-0.15, -0.1) is 0 Å². The van der Waals surface area contributed by atoms with Gasteiger partial charge in [-0.3, -0.25) is 9.78 Å². The second-order valence-electron chi connectivity index (χ2n) is 8.37. The van der Waals surface area contributed by atoms with E-state index in [0.717, 1.165) is 68.5 Å². The summed E-state index contributed by atoms with van der Waals surface area (Å²) in [7, 11) is 0. The van der Waals surface area contributed by atoms with Gasteiger partial charge in [-0.05, 0) is 51.5 Å². The van der Waals surface area contributed by atoms with Crippen LogP contribution in [0.3, 0.4) is 0 Å². The van der Waals surface area contributed by atoms with E-state index in [2.05, 4.69) is 26.8 Å². The van der Waals surface area contributed by atoms with E-state index in [1.807, 2.05) is 30.8 Å². The second-order valence-corrected chi connectivity index (χ2v) is 8.37. The number of hydrogen-bond acceptors (Lipinski definition) is 5. The predicted molar refractivity (Wildman–Crippen MR) is 109 cm³/mol. The Bertz CT molecular complexity index is 839. The molecule has 0 aromatic carbocycles. The first-order chi connectivity index (χ1) is 13.5. The number of aromatic nitrogens is 4. The van der Waals surface area contributed by atoms with E-state index in [1.165, 1.54) is 6.42 Å². The zero-order chi connectivity index (χ0) is 19.7. The van der Waals surface area contributed by atoms with Crippen LogP contribution in [0, 0.1) is 25.7 Å². The second kappa shape index (κ2) is 7.89. The first-order valence-electron chi connectivity index (χ1n) is 10.4. The summed E-state index contributed by atoms with van der Waals surface area (Å²) in [4.78, 5) is 26.4. The number of aryl methyl sites for hydroxylation is 2. The molecule has 4 rings (SSSR count). The number of carbonyl (C=O) groups is 1. The van der Waals surface area contributed by atoms with Crippen molar-refractivity contribution in [3.63, 3.8) is 0 Å². The molecule has 7 heteroatoms. The van der Waals surface area contributed by atoms with E-state index in [1.54, 1.807) is 6.20 Å². The van der Waals surface area contributed by atoms with Crippen LogP contribution in [0.15, 0.2) is 18.5 Å². The van der Waals surface area contributed by atoms with Crippen molar-refractivity contribution in [2.24, 2.45) is 11.8 Å². The van der Waals surface area contributed by atoms with Crippen LogP contribution >= 0.6 is 0 Å². The third-order valence-electron chi connectivity index (χ3n) is 5.97. The minimum atomic E-state index is 0.147. The van der Waals surface area contributed by atoms with Crippen LogP contribution in [0.2, 0.25) is 0 Å². The standard InChI is InChI=1S/C21H30N6O/c1-15-5-4-8-26(14-15)21(28)18-6-9-25(10-7-18)19-12-22-13-20(23-19)27-17(3)11-16(2)24-27/h11-13,15,18H,4-10,14H2,1-3H3. The van der Waals surface area contributed by atoms with Gasteiger partial charge in [0.15, 0.2) is 5.82 Å². The minimum Gasteiger partial charge on any atom is -0.355 e. The molecule has 2 fully saturated rings. The Hall–Kier alpha value is -2.44. The Balaban J connectivity index is 1.41. The maximum absolute atomic E-state index is 12.9. The molecule has 1 atom stereocenters. The summed E-state index contributed by atoms with van der Waals surface area (Å²) < 4.78 is 1.83. The van der Waals surface area contributed by atoms with E-state index in [4.69, 9.17) is 4.98 Å². The first kappa shape index (κ1) is 18.9. The fraction of sp³-hybridized carbons (Fsp3) is 0.619. The molecule has 2 aromatic heterocycles. The van der Waals surface area contributed by atoms with Gasteiger partial charge >= 0.3 is 0 Å². The molecule has 7 nitrogen and oxygen atoms in total. The van der Waals surface area contributed by atoms with Crippen molar-refractivity contribution < 1.29 is 4.79 Å². The molecule has 2 aliphatic heterocycles. The Morgan fingerprint density at radius 3 is 2.50 bits per heavy atom. The topological polar surface area (TPSA) is 67.2 Å². The molecule has 2 aliphatic rings. The lowest BCUT2D eigenvalue weighted by Gasteiger charge is -2.37. The van der Waals surface area contributed by atoms with Gasteiger partial charge in [0.25, 0.3) is 0 Å². The van der Waals surface area contributed by atoms with Crippen LogP contribution in [0.4, 0.5) is 5.82 Å². The summed E-state index contributed by atoms with van der Waals surface area (Å²) in [5, 5.41) is 4.51. The molecule has 2 aromatic rings. The summed E-state index contributed by atoms with van der Waals surface area (Å²) in [6.07, 6.45) is 7.71. The quantitative estimate of drug-likeness (QED) is 0.817. The molecule has 0 saturated carbocycles. The van der Waals surface area contributed by atoms with Gasteiger partial charge < -0.3 is 9.80 Å². The number of carbonyl (C=O) groups excluding carboxylic acids is 1. The SMILES string of the molecule is Cc1cc(C)n(-c2cncc(N3CCC(C(=O)N4CCCC(C)C4)CC3)n2)n1. The Kier molecular flexibility index (Phi) is 5.33. The lowest BCUT2D eigenvalue weighted by atomic mass is 9.93. The number of piperidine rings is 2. The van der Waals surface area contributed by atoms with E-state index in [0.29, 0.717) is 11.8 Å². The van der Waals surface area contributed by atoms with Crippen molar-refractivity contribution in [1.29, 1.82) is 0 Å². The maximum Gasteiger partial charge on any atom is 0.225 e. The van der Waals surface area contributed by atoms with E-state index < -0.39 is 0 Å². The number of rotatable bonds is 3. The molecular formula is C21H30N6O. The van der Waals surface area contributed by atoms with Gasteiger partial charge in [0, 0.05) is 37.8 Å². The van der Waals surface area contributed by atoms with E-state index in [-0.39, 0.29) is 5.92 Å². The first-order valence-corrected chi connectivity index (χ1v) is 10.4. The summed E-state index contributed by atoms with van der Waals surface area (Å²) in [5.74, 6) is 2.73. The van der Waals surface area contributed by atoms with Crippen LogP contribution in [-0.4, -0.2) is 56.7 Å². The van der Waals surface area contributed by atoms with Crippen molar-refractivity contribution >= 4 is 11.7 Å². The Labute approximate surface area is 166 Å². The van der Waals surface area contributed by atoms with Crippen LogP contribution in [-0.2, 0) is 4.79 Å². The molecule has 0 bridgehead atoms. The lowest BCUT2D eigenvalue weighted by Crippen LogP contribution is -2.46. The number of likely N-dealkylation sites (tertiary alicyclic amines) is 1. The predicted octanol–water partition coefficient (Wildman–Crippen LogP) is 2.75. The van der Waals surface area contributed by atoms with E-state index in [9.17, 15) is 4.79 Å². The largest absolute Gasteiger partial charge is 0.355 e. The Morgan fingerprint density at radius 2 is 1.82 bits per heavy atom. The molecule has 4 heterocycles. The normalized spacial score (nSPS) is 21.2. The molecule has 0 aliphatic carbocycles. The molecule has 1 unspecified atom stereocenters. The van der Waals surface area contributed by atoms with Gasteiger partial charge in [-0.25, -0.2) is 9.67 Å². The highest BCUT2D eigenvalue weighted by Gasteiger charge is 2.31. The number of amides is 1. The molecule has 28 heavy (non-hydrogen) atoms. The average Bonchev–Trinajstić information content (AvgIpc) is 3.06. The molecular weight excluding hydrogens is 352 g/mol. The summed E-state index contributed by atoms with van der Waals surface area (Å²) >= 11 is 0. The van der Waals surface area contributed by atoms with Crippen molar-refractivity contribution in [3.8, 4) is 5.82 Å². The highest BCUT2D eigenvalue weighted by Crippen LogP contribution is 2.26. The van der Waals surface area contributed by atoms with Gasteiger partial charge in [0.2, 0.25) is 5.91 Å². The van der Waals surface area contributed by atoms with Crippen LogP contribution < -0.4 is 4.90 Å². The minimum absolute atomic E-state index is 0.147. The van der Waals surface area contributed by atoms with Gasteiger partial charge in [0.1, 0.15) is 5.82 Å². The molecule has 150 valence electrons. The zero-order valence-corrected chi connectivity index (χ0v) is 17.1. The molecule has 0 radical (unpaired) electrons. The molecule has 0 N–H and O–H groups in total. The zero-order valence-electron chi connectivity index (χ0n) is 17.1. The van der Waals surface area contributed by atoms with Crippen LogP contribution in [0.1, 0.15) is 44.0 Å². The van der Waals surface area contributed by atoms with E-state index >= 15 is 0 Å². The fourth-order valence-electron chi connectivity index (χ4n) is 4.46. The van der Waals surface area contributed by atoms with Crippen LogP contribution in [0.5, 0.6) is 0 Å². The lowest BCUT2D eigenvalue weighted by molar-refractivity contribution is -0.137. The third kappa shape index (κ3) is 3.88.